The van der Waals surface area contributed by atoms with Crippen LogP contribution < -0.4 is 11.0 Å². The Morgan fingerprint density at radius 1 is 1.12 bits per heavy atom. The van der Waals surface area contributed by atoms with Gasteiger partial charge in [-0.1, -0.05) is 35.9 Å². The second-order valence-corrected chi connectivity index (χ2v) is 8.75. The van der Waals surface area contributed by atoms with Crippen LogP contribution in [0.4, 0.5) is 4.39 Å². The first-order valence-corrected chi connectivity index (χ1v) is 11.4. The molecule has 0 aliphatic heterocycles. The maximum Gasteiger partial charge on any atom is 0.352 e. The first kappa shape index (κ1) is 21.3. The molecule has 10 heteroatoms. The highest BCUT2D eigenvalue weighted by atomic mass is 35.5. The van der Waals surface area contributed by atoms with E-state index in [0.717, 1.165) is 26.1 Å². The van der Waals surface area contributed by atoms with Gasteiger partial charge < -0.3 is 5.32 Å². The molecular weight excluding hydrogens is 465 g/mol. The average molecular weight is 482 g/mol. The van der Waals surface area contributed by atoms with Crippen LogP contribution in [-0.2, 0) is 17.8 Å². The fourth-order valence-electron chi connectivity index (χ4n) is 3.56. The average Bonchev–Trinajstić information content (AvgIpc) is 3.37. The summed E-state index contributed by atoms with van der Waals surface area (Å²) >= 11 is 7.27. The SMILES string of the molecule is O=C(Cn1nc2c3scc(-c4ccc(F)cc4)c3ncn2c1=O)NCCc1ccc(Cl)cc1. The summed E-state index contributed by atoms with van der Waals surface area (Å²) in [4.78, 5) is 29.6. The number of nitrogens with one attached hydrogen (secondary N) is 1. The van der Waals surface area contributed by atoms with Crippen molar-refractivity contribution in [2.75, 3.05) is 6.54 Å². The van der Waals surface area contributed by atoms with E-state index in [-0.39, 0.29) is 18.3 Å². The van der Waals surface area contributed by atoms with Gasteiger partial charge in [0.05, 0.1) is 10.2 Å². The molecular formula is C23H17ClFN5O2S. The molecule has 5 rings (SSSR count). The highest BCUT2D eigenvalue weighted by Crippen LogP contribution is 2.34. The van der Waals surface area contributed by atoms with Gasteiger partial charge in [0.1, 0.15) is 18.7 Å². The first-order valence-electron chi connectivity index (χ1n) is 10.1. The lowest BCUT2D eigenvalue weighted by Crippen LogP contribution is -2.33. The number of carbonyl (C=O) groups excluding carboxylic acids is 1. The molecule has 166 valence electrons. The van der Waals surface area contributed by atoms with Crippen molar-refractivity contribution in [2.45, 2.75) is 13.0 Å². The van der Waals surface area contributed by atoms with Crippen molar-refractivity contribution in [3.05, 3.63) is 87.1 Å². The van der Waals surface area contributed by atoms with Crippen molar-refractivity contribution in [3.8, 4) is 11.1 Å². The predicted octanol–water partition coefficient (Wildman–Crippen LogP) is 3.92. The molecule has 1 N–H and O–H groups in total. The van der Waals surface area contributed by atoms with Gasteiger partial charge in [-0.15, -0.1) is 16.4 Å². The smallest absolute Gasteiger partial charge is 0.352 e. The molecule has 3 aromatic heterocycles. The summed E-state index contributed by atoms with van der Waals surface area (Å²) in [6, 6.07) is 13.6. The van der Waals surface area contributed by atoms with Gasteiger partial charge in [0.25, 0.3) is 0 Å². The second-order valence-electron chi connectivity index (χ2n) is 7.44. The summed E-state index contributed by atoms with van der Waals surface area (Å²) in [6.45, 7) is 0.235. The predicted molar refractivity (Wildman–Crippen MR) is 126 cm³/mol. The molecule has 0 bridgehead atoms. The van der Waals surface area contributed by atoms with Crippen LogP contribution in [0.1, 0.15) is 5.56 Å². The van der Waals surface area contributed by atoms with E-state index in [0.29, 0.717) is 29.2 Å². The summed E-state index contributed by atoms with van der Waals surface area (Å²) in [5.41, 5.74) is 3.36. The minimum Gasteiger partial charge on any atom is -0.354 e. The normalized spacial score (nSPS) is 11.3. The Morgan fingerprint density at radius 3 is 2.64 bits per heavy atom. The van der Waals surface area contributed by atoms with Crippen molar-refractivity contribution in [3.63, 3.8) is 0 Å². The summed E-state index contributed by atoms with van der Waals surface area (Å²) in [5, 5.41) is 9.75. The number of rotatable bonds is 6. The highest BCUT2D eigenvalue weighted by molar-refractivity contribution is 7.18. The molecule has 33 heavy (non-hydrogen) atoms. The number of hydrogen-bond donors (Lipinski definition) is 1. The van der Waals surface area contributed by atoms with E-state index in [4.69, 9.17) is 11.6 Å². The Bertz CT molecular complexity index is 1520. The number of hydrogen-bond acceptors (Lipinski definition) is 5. The number of nitrogens with zero attached hydrogens (tertiary/aromatic N) is 4. The molecule has 0 fully saturated rings. The summed E-state index contributed by atoms with van der Waals surface area (Å²) in [6.07, 6.45) is 2.05. The Morgan fingerprint density at radius 2 is 1.88 bits per heavy atom. The molecule has 0 unspecified atom stereocenters. The van der Waals surface area contributed by atoms with Crippen molar-refractivity contribution < 1.29 is 9.18 Å². The van der Waals surface area contributed by atoms with Crippen LogP contribution in [0.25, 0.3) is 27.0 Å². The van der Waals surface area contributed by atoms with Gasteiger partial charge in [0.2, 0.25) is 5.91 Å². The topological polar surface area (TPSA) is 81.3 Å². The molecule has 0 radical (unpaired) electrons. The number of halogens is 2. The zero-order valence-electron chi connectivity index (χ0n) is 17.2. The zero-order valence-corrected chi connectivity index (χ0v) is 18.7. The Kier molecular flexibility index (Phi) is 5.65. The number of carbonyl (C=O) groups is 1. The van der Waals surface area contributed by atoms with Crippen LogP contribution in [0.3, 0.4) is 0 Å². The van der Waals surface area contributed by atoms with Crippen molar-refractivity contribution >= 4 is 44.7 Å². The largest absolute Gasteiger partial charge is 0.354 e. The Hall–Kier alpha value is -3.56. The lowest BCUT2D eigenvalue weighted by molar-refractivity contribution is -0.121. The van der Waals surface area contributed by atoms with Gasteiger partial charge in [0, 0.05) is 22.5 Å². The molecule has 7 nitrogen and oxygen atoms in total. The van der Waals surface area contributed by atoms with Crippen molar-refractivity contribution in [2.24, 2.45) is 0 Å². The van der Waals surface area contributed by atoms with E-state index < -0.39 is 5.69 Å². The highest BCUT2D eigenvalue weighted by Gasteiger charge is 2.17. The fraction of sp³-hybridized carbons (Fsp3) is 0.130. The van der Waals surface area contributed by atoms with Gasteiger partial charge in [-0.2, -0.15) is 0 Å². The minimum absolute atomic E-state index is 0.196. The molecule has 0 aliphatic carbocycles. The molecule has 0 saturated heterocycles. The number of amides is 1. The van der Waals surface area contributed by atoms with E-state index in [1.807, 2.05) is 17.5 Å². The van der Waals surface area contributed by atoms with Gasteiger partial charge in [-0.05, 0) is 41.8 Å². The maximum atomic E-state index is 13.3. The van der Waals surface area contributed by atoms with E-state index >= 15 is 0 Å². The molecule has 0 saturated carbocycles. The van der Waals surface area contributed by atoms with Gasteiger partial charge in [-0.25, -0.2) is 23.3 Å². The first-order chi connectivity index (χ1) is 16.0. The number of aromatic nitrogens is 4. The van der Waals surface area contributed by atoms with Crippen LogP contribution in [0.5, 0.6) is 0 Å². The maximum absolute atomic E-state index is 13.3. The van der Waals surface area contributed by atoms with Gasteiger partial charge >= 0.3 is 5.69 Å². The summed E-state index contributed by atoms with van der Waals surface area (Å²) < 4.78 is 16.5. The monoisotopic (exact) mass is 481 g/mol. The number of benzene rings is 2. The summed E-state index contributed by atoms with van der Waals surface area (Å²) in [5.74, 6) is -0.623. The van der Waals surface area contributed by atoms with E-state index in [1.54, 1.807) is 24.3 Å². The number of thiophene rings is 1. The zero-order chi connectivity index (χ0) is 22.9. The molecule has 0 aliphatic rings. The third kappa shape index (κ3) is 4.24. The van der Waals surface area contributed by atoms with Crippen LogP contribution in [0.2, 0.25) is 5.02 Å². The molecule has 2 aromatic carbocycles. The third-order valence-electron chi connectivity index (χ3n) is 5.24. The minimum atomic E-state index is -0.441. The van der Waals surface area contributed by atoms with Crippen LogP contribution in [0, 0.1) is 5.82 Å². The van der Waals surface area contributed by atoms with E-state index in [1.165, 1.54) is 34.2 Å². The Balaban J connectivity index is 1.35. The molecule has 5 aromatic rings. The lowest BCUT2D eigenvalue weighted by atomic mass is 10.1. The summed E-state index contributed by atoms with van der Waals surface area (Å²) in [7, 11) is 0. The lowest BCUT2D eigenvalue weighted by Gasteiger charge is -2.05. The van der Waals surface area contributed by atoms with Crippen molar-refractivity contribution in [1.29, 1.82) is 0 Å². The quantitative estimate of drug-likeness (QED) is 0.398. The molecule has 0 spiro atoms. The van der Waals surface area contributed by atoms with E-state index in [9.17, 15) is 14.0 Å². The van der Waals surface area contributed by atoms with Gasteiger partial charge in [-0.3, -0.25) is 4.79 Å². The van der Waals surface area contributed by atoms with Crippen LogP contribution in [0.15, 0.2) is 65.0 Å². The Labute approximate surface area is 196 Å². The standard InChI is InChI=1S/C23H17ClFN5O2S/c24-16-5-1-14(2-6-16)9-10-26-19(31)11-30-23(32)29-13-27-20-18(12-33-21(20)22(29)28-30)15-3-7-17(25)8-4-15/h1-8,12-13H,9-11H2,(H,26,31). The molecule has 0 atom stereocenters. The second kappa shape index (κ2) is 8.76. The van der Waals surface area contributed by atoms with E-state index in [2.05, 4.69) is 15.4 Å². The molecule has 3 heterocycles. The van der Waals surface area contributed by atoms with Crippen molar-refractivity contribution in [1.82, 2.24) is 24.5 Å². The molecule has 1 amide bonds. The third-order valence-corrected chi connectivity index (χ3v) is 6.46. The van der Waals surface area contributed by atoms with Crippen LogP contribution in [-0.4, -0.2) is 31.6 Å². The number of fused-ring (bicyclic) bond motifs is 3. The van der Waals surface area contributed by atoms with Gasteiger partial charge in [0.15, 0.2) is 5.65 Å². The fourth-order valence-corrected chi connectivity index (χ4v) is 4.69. The van der Waals surface area contributed by atoms with Crippen LogP contribution >= 0.6 is 22.9 Å².